The standard InChI is InChI=1S/C15H21NO4/c1-10-13(17)15(2,9-12(19-3)20-10)16-14(18)11-7-5-4-6-8-11/h4-8,10,12-13,17H,9H2,1-3H3,(H,16,18). The van der Waals surface area contributed by atoms with Crippen molar-refractivity contribution < 1.29 is 19.4 Å². The number of rotatable bonds is 3. The molecule has 2 N–H and O–H groups in total. The molecule has 1 aromatic carbocycles. The lowest BCUT2D eigenvalue weighted by molar-refractivity contribution is -0.230. The molecule has 5 heteroatoms. The van der Waals surface area contributed by atoms with Crippen LogP contribution in [0, 0.1) is 0 Å². The summed E-state index contributed by atoms with van der Waals surface area (Å²) in [4.78, 5) is 12.3. The Morgan fingerprint density at radius 2 is 2.10 bits per heavy atom. The molecule has 5 nitrogen and oxygen atoms in total. The first-order valence-electron chi connectivity index (χ1n) is 6.70. The molecule has 4 unspecified atom stereocenters. The van der Waals surface area contributed by atoms with Gasteiger partial charge < -0.3 is 19.9 Å². The zero-order valence-electron chi connectivity index (χ0n) is 12.0. The van der Waals surface area contributed by atoms with Crippen molar-refractivity contribution in [2.24, 2.45) is 0 Å². The summed E-state index contributed by atoms with van der Waals surface area (Å²) in [6.45, 7) is 3.58. The first-order valence-corrected chi connectivity index (χ1v) is 6.70. The van der Waals surface area contributed by atoms with Crippen molar-refractivity contribution in [1.82, 2.24) is 5.32 Å². The van der Waals surface area contributed by atoms with Gasteiger partial charge in [-0.15, -0.1) is 0 Å². The van der Waals surface area contributed by atoms with Crippen molar-refractivity contribution >= 4 is 5.91 Å². The molecule has 2 rings (SSSR count). The van der Waals surface area contributed by atoms with Crippen LogP contribution in [0.5, 0.6) is 0 Å². The first kappa shape index (κ1) is 15.0. The van der Waals surface area contributed by atoms with Crippen LogP contribution in [0.25, 0.3) is 0 Å². The number of carbonyl (C=O) groups excluding carboxylic acids is 1. The summed E-state index contributed by atoms with van der Waals surface area (Å²) in [6.07, 6.45) is -1.24. The fraction of sp³-hybridized carbons (Fsp3) is 0.533. The molecule has 0 spiro atoms. The largest absolute Gasteiger partial charge is 0.388 e. The highest BCUT2D eigenvalue weighted by Gasteiger charge is 2.45. The summed E-state index contributed by atoms with van der Waals surface area (Å²) in [5.74, 6) is -0.212. The van der Waals surface area contributed by atoms with Crippen molar-refractivity contribution in [2.45, 2.75) is 44.3 Å². The van der Waals surface area contributed by atoms with Crippen LogP contribution in [-0.4, -0.2) is 42.2 Å². The van der Waals surface area contributed by atoms with Crippen LogP contribution in [0.1, 0.15) is 30.6 Å². The number of methoxy groups -OCH3 is 1. The van der Waals surface area contributed by atoms with Gasteiger partial charge in [0.05, 0.1) is 11.6 Å². The lowest BCUT2D eigenvalue weighted by Crippen LogP contribution is -2.63. The van der Waals surface area contributed by atoms with Crippen molar-refractivity contribution in [3.8, 4) is 0 Å². The second-order valence-electron chi connectivity index (χ2n) is 5.39. The smallest absolute Gasteiger partial charge is 0.251 e. The molecule has 1 aliphatic heterocycles. The van der Waals surface area contributed by atoms with Gasteiger partial charge in [-0.2, -0.15) is 0 Å². The molecule has 1 aliphatic rings. The zero-order valence-corrected chi connectivity index (χ0v) is 12.0. The predicted octanol–water partition coefficient (Wildman–Crippen LogP) is 1.32. The van der Waals surface area contributed by atoms with Gasteiger partial charge in [0.15, 0.2) is 6.29 Å². The van der Waals surface area contributed by atoms with E-state index in [1.165, 1.54) is 0 Å². The van der Waals surface area contributed by atoms with Gasteiger partial charge in [0.2, 0.25) is 0 Å². The number of hydrogen-bond acceptors (Lipinski definition) is 4. The Balaban J connectivity index is 2.14. The average molecular weight is 279 g/mol. The minimum atomic E-state index is -0.790. The molecule has 0 aliphatic carbocycles. The Bertz CT molecular complexity index is 464. The second-order valence-corrected chi connectivity index (χ2v) is 5.39. The van der Waals surface area contributed by atoms with Crippen molar-refractivity contribution in [2.75, 3.05) is 7.11 Å². The minimum absolute atomic E-state index is 0.212. The Morgan fingerprint density at radius 1 is 1.45 bits per heavy atom. The number of carbonyl (C=O) groups is 1. The van der Waals surface area contributed by atoms with E-state index in [2.05, 4.69) is 5.32 Å². The first-order chi connectivity index (χ1) is 9.46. The number of hydrogen-bond donors (Lipinski definition) is 2. The molecule has 20 heavy (non-hydrogen) atoms. The third kappa shape index (κ3) is 3.00. The van der Waals surface area contributed by atoms with E-state index in [0.29, 0.717) is 12.0 Å². The molecule has 0 radical (unpaired) electrons. The van der Waals surface area contributed by atoms with E-state index in [0.717, 1.165) is 0 Å². The fourth-order valence-electron chi connectivity index (χ4n) is 2.53. The maximum Gasteiger partial charge on any atom is 0.251 e. The van der Waals surface area contributed by atoms with E-state index in [9.17, 15) is 9.90 Å². The number of nitrogens with one attached hydrogen (secondary N) is 1. The molecular formula is C15H21NO4. The van der Waals surface area contributed by atoms with Crippen LogP contribution in [0.4, 0.5) is 0 Å². The summed E-state index contributed by atoms with van der Waals surface area (Å²) in [7, 11) is 1.55. The highest BCUT2D eigenvalue weighted by atomic mass is 16.7. The molecule has 0 aromatic heterocycles. The summed E-state index contributed by atoms with van der Waals surface area (Å²) in [6, 6.07) is 8.94. The molecule has 110 valence electrons. The third-order valence-corrected chi connectivity index (χ3v) is 3.75. The van der Waals surface area contributed by atoms with Crippen LogP contribution >= 0.6 is 0 Å². The summed E-state index contributed by atoms with van der Waals surface area (Å²) >= 11 is 0. The number of aliphatic hydroxyl groups is 1. The molecule has 1 saturated heterocycles. The van der Waals surface area contributed by atoms with Crippen molar-refractivity contribution in [3.63, 3.8) is 0 Å². The molecule has 4 atom stereocenters. The predicted molar refractivity (Wildman–Crippen MR) is 74.3 cm³/mol. The second kappa shape index (κ2) is 5.91. The van der Waals surface area contributed by atoms with Gasteiger partial charge in [0.1, 0.15) is 6.10 Å². The maximum absolute atomic E-state index is 12.3. The number of ether oxygens (including phenoxy) is 2. The maximum atomic E-state index is 12.3. The van der Waals surface area contributed by atoms with E-state index in [1.807, 2.05) is 13.0 Å². The van der Waals surface area contributed by atoms with E-state index in [-0.39, 0.29) is 5.91 Å². The van der Waals surface area contributed by atoms with Crippen LogP contribution in [0.3, 0.4) is 0 Å². The SMILES string of the molecule is COC1CC(C)(NC(=O)c2ccccc2)C(O)C(C)O1. The molecule has 1 aromatic rings. The molecule has 1 heterocycles. The average Bonchev–Trinajstić information content (AvgIpc) is 2.45. The van der Waals surface area contributed by atoms with Crippen LogP contribution in [0.15, 0.2) is 30.3 Å². The molecule has 0 bridgehead atoms. The monoisotopic (exact) mass is 279 g/mol. The van der Waals surface area contributed by atoms with Crippen molar-refractivity contribution in [3.05, 3.63) is 35.9 Å². The zero-order chi connectivity index (χ0) is 14.8. The van der Waals surface area contributed by atoms with Gasteiger partial charge >= 0.3 is 0 Å². The molecular weight excluding hydrogens is 258 g/mol. The molecule has 1 fully saturated rings. The number of amides is 1. The summed E-state index contributed by atoms with van der Waals surface area (Å²) < 4.78 is 10.7. The van der Waals surface area contributed by atoms with Gasteiger partial charge in [-0.3, -0.25) is 4.79 Å². The van der Waals surface area contributed by atoms with Gasteiger partial charge in [-0.25, -0.2) is 0 Å². The number of benzene rings is 1. The van der Waals surface area contributed by atoms with E-state index in [1.54, 1.807) is 38.3 Å². The van der Waals surface area contributed by atoms with E-state index < -0.39 is 24.0 Å². The molecule has 1 amide bonds. The highest BCUT2D eigenvalue weighted by molar-refractivity contribution is 5.94. The highest BCUT2D eigenvalue weighted by Crippen LogP contribution is 2.29. The van der Waals surface area contributed by atoms with Gasteiger partial charge in [-0.1, -0.05) is 18.2 Å². The Morgan fingerprint density at radius 3 is 2.70 bits per heavy atom. The van der Waals surface area contributed by atoms with Gasteiger partial charge in [0, 0.05) is 19.1 Å². The summed E-state index contributed by atoms with van der Waals surface area (Å²) in [5, 5.41) is 13.2. The van der Waals surface area contributed by atoms with Crippen molar-refractivity contribution in [1.29, 1.82) is 0 Å². The fourth-order valence-corrected chi connectivity index (χ4v) is 2.53. The Kier molecular flexibility index (Phi) is 4.42. The van der Waals surface area contributed by atoms with Crippen LogP contribution in [0.2, 0.25) is 0 Å². The molecule has 0 saturated carbocycles. The normalized spacial score (nSPS) is 33.7. The Hall–Kier alpha value is -1.43. The lowest BCUT2D eigenvalue weighted by Gasteiger charge is -2.45. The Labute approximate surface area is 118 Å². The van der Waals surface area contributed by atoms with E-state index >= 15 is 0 Å². The van der Waals surface area contributed by atoms with Crippen LogP contribution in [-0.2, 0) is 9.47 Å². The number of aliphatic hydroxyl groups excluding tert-OH is 1. The third-order valence-electron chi connectivity index (χ3n) is 3.75. The summed E-state index contributed by atoms with van der Waals surface area (Å²) in [5.41, 5.74) is -0.223. The van der Waals surface area contributed by atoms with Gasteiger partial charge in [0.25, 0.3) is 5.91 Å². The quantitative estimate of drug-likeness (QED) is 0.875. The van der Waals surface area contributed by atoms with Gasteiger partial charge in [-0.05, 0) is 26.0 Å². The minimum Gasteiger partial charge on any atom is -0.388 e. The topological polar surface area (TPSA) is 67.8 Å². The van der Waals surface area contributed by atoms with Crippen LogP contribution < -0.4 is 5.32 Å². The lowest BCUT2D eigenvalue weighted by atomic mass is 9.85. The van der Waals surface area contributed by atoms with E-state index in [4.69, 9.17) is 9.47 Å².